The first kappa shape index (κ1) is 21.4. The Hall–Kier alpha value is -2.86. The normalized spacial score (nSPS) is 15.4. The van der Waals surface area contributed by atoms with Crippen LogP contribution in [-0.4, -0.2) is 33.0 Å². The van der Waals surface area contributed by atoms with Gasteiger partial charge in [-0.05, 0) is 62.0 Å². The lowest BCUT2D eigenvalue weighted by atomic mass is 9.98. The van der Waals surface area contributed by atoms with Crippen LogP contribution in [0.15, 0.2) is 53.3 Å². The largest absolute Gasteiger partial charge is 0.350 e. The van der Waals surface area contributed by atoms with Crippen molar-refractivity contribution in [1.29, 1.82) is 0 Å². The van der Waals surface area contributed by atoms with E-state index in [4.69, 9.17) is 0 Å². The number of amides is 1. The highest BCUT2D eigenvalue weighted by Gasteiger charge is 2.17. The van der Waals surface area contributed by atoms with Crippen molar-refractivity contribution in [2.45, 2.75) is 52.9 Å². The zero-order valence-corrected chi connectivity index (χ0v) is 18.5. The summed E-state index contributed by atoms with van der Waals surface area (Å²) in [6.07, 6.45) is 2.50. The average Bonchev–Trinajstić information content (AvgIpc) is 3.05. The fourth-order valence-electron chi connectivity index (χ4n) is 4.47. The van der Waals surface area contributed by atoms with Crippen LogP contribution < -0.4 is 11.0 Å². The fourth-order valence-corrected chi connectivity index (χ4v) is 4.47. The van der Waals surface area contributed by atoms with Crippen molar-refractivity contribution in [1.82, 2.24) is 19.4 Å². The maximum atomic E-state index is 12.8. The number of nitrogens with one attached hydrogen (secondary N) is 1. The molecule has 31 heavy (non-hydrogen) atoms. The summed E-state index contributed by atoms with van der Waals surface area (Å²) in [6, 6.07) is 15.9. The summed E-state index contributed by atoms with van der Waals surface area (Å²) < 4.78 is 3.27. The number of aromatic nitrogens is 2. The lowest BCUT2D eigenvalue weighted by Gasteiger charge is -2.30. The summed E-state index contributed by atoms with van der Waals surface area (Å²) in [5, 5.41) is 3.02. The Morgan fingerprint density at radius 3 is 2.26 bits per heavy atom. The second kappa shape index (κ2) is 9.52. The number of piperidine rings is 1. The topological polar surface area (TPSA) is 59.3 Å². The van der Waals surface area contributed by atoms with Crippen molar-refractivity contribution in [3.05, 3.63) is 70.1 Å². The Morgan fingerprint density at radius 1 is 0.968 bits per heavy atom. The molecule has 1 N–H and O–H groups in total. The Labute approximate surface area is 183 Å². The molecule has 1 saturated heterocycles. The quantitative estimate of drug-likeness (QED) is 0.638. The number of fused-ring (bicyclic) bond motifs is 1. The van der Waals surface area contributed by atoms with Crippen LogP contribution in [0.3, 0.4) is 0 Å². The molecule has 1 aliphatic heterocycles. The lowest BCUT2D eigenvalue weighted by molar-refractivity contribution is -0.121. The molecule has 164 valence electrons. The number of benzene rings is 2. The molecule has 6 nitrogen and oxygen atoms in total. The van der Waals surface area contributed by atoms with Gasteiger partial charge in [-0.1, -0.05) is 43.3 Å². The minimum absolute atomic E-state index is 0.0263. The van der Waals surface area contributed by atoms with Crippen LogP contribution in [-0.2, 0) is 31.0 Å². The number of rotatable bonds is 7. The molecule has 1 fully saturated rings. The zero-order valence-electron chi connectivity index (χ0n) is 18.5. The van der Waals surface area contributed by atoms with Gasteiger partial charge >= 0.3 is 5.69 Å². The first-order chi connectivity index (χ1) is 15.1. The van der Waals surface area contributed by atoms with Gasteiger partial charge in [-0.3, -0.25) is 18.8 Å². The van der Waals surface area contributed by atoms with E-state index >= 15 is 0 Å². The van der Waals surface area contributed by atoms with Gasteiger partial charge in [0.15, 0.2) is 0 Å². The van der Waals surface area contributed by atoms with Gasteiger partial charge in [-0.25, -0.2) is 4.79 Å². The van der Waals surface area contributed by atoms with E-state index in [-0.39, 0.29) is 18.1 Å². The van der Waals surface area contributed by atoms with E-state index in [0.29, 0.717) is 13.1 Å². The van der Waals surface area contributed by atoms with E-state index in [1.807, 2.05) is 37.3 Å². The highest BCUT2D eigenvalue weighted by molar-refractivity contribution is 5.81. The number of nitrogens with zero attached hydrogens (tertiary/aromatic N) is 3. The number of likely N-dealkylation sites (tertiary alicyclic amines) is 1. The smallest absolute Gasteiger partial charge is 0.329 e. The lowest BCUT2D eigenvalue weighted by Crippen LogP contribution is -2.34. The molecule has 2 heterocycles. The molecular weight excluding hydrogens is 388 g/mol. The summed E-state index contributed by atoms with van der Waals surface area (Å²) in [6.45, 7) is 8.53. The summed E-state index contributed by atoms with van der Waals surface area (Å²) >= 11 is 0. The number of hydrogen-bond acceptors (Lipinski definition) is 3. The van der Waals surface area contributed by atoms with Gasteiger partial charge in [0.1, 0.15) is 6.54 Å². The van der Waals surface area contributed by atoms with Gasteiger partial charge < -0.3 is 5.32 Å². The number of imidazole rings is 1. The third-order valence-corrected chi connectivity index (χ3v) is 6.41. The maximum Gasteiger partial charge on any atom is 0.329 e. The van der Waals surface area contributed by atoms with Crippen molar-refractivity contribution in [3.8, 4) is 0 Å². The van der Waals surface area contributed by atoms with E-state index < -0.39 is 0 Å². The van der Waals surface area contributed by atoms with Crippen LogP contribution in [0.25, 0.3) is 11.0 Å². The second-order valence-electron chi connectivity index (χ2n) is 8.61. The molecule has 3 aromatic rings. The van der Waals surface area contributed by atoms with Gasteiger partial charge in [-0.2, -0.15) is 0 Å². The SMILES string of the molecule is CCn1c(=O)n(CC(=O)NCc2ccccc2CN2CCC(C)CC2)c2ccccc21. The van der Waals surface area contributed by atoms with E-state index in [1.165, 1.54) is 18.4 Å². The van der Waals surface area contributed by atoms with Crippen LogP contribution in [0.4, 0.5) is 0 Å². The Kier molecular flexibility index (Phi) is 6.56. The monoisotopic (exact) mass is 420 g/mol. The zero-order chi connectivity index (χ0) is 21.8. The highest BCUT2D eigenvalue weighted by atomic mass is 16.2. The molecule has 4 rings (SSSR count). The first-order valence-electron chi connectivity index (χ1n) is 11.3. The van der Waals surface area contributed by atoms with E-state index in [1.54, 1.807) is 9.13 Å². The predicted octanol–water partition coefficient (Wildman–Crippen LogP) is 3.37. The molecule has 0 atom stereocenters. The fraction of sp³-hybridized carbons (Fsp3) is 0.440. The molecule has 6 heteroatoms. The molecule has 1 amide bonds. The standard InChI is InChI=1S/C25H32N4O2/c1-3-28-22-10-6-7-11-23(22)29(25(28)31)18-24(30)26-16-20-8-4-5-9-21(20)17-27-14-12-19(2)13-15-27/h4-11,19H,3,12-18H2,1-2H3,(H,26,30). The Bertz CT molecular complexity index is 1110. The van der Waals surface area contributed by atoms with Crippen molar-refractivity contribution >= 4 is 16.9 Å². The van der Waals surface area contributed by atoms with Gasteiger partial charge in [0, 0.05) is 19.6 Å². The Balaban J connectivity index is 1.43. The molecule has 0 unspecified atom stereocenters. The van der Waals surface area contributed by atoms with Gasteiger partial charge in [-0.15, -0.1) is 0 Å². The van der Waals surface area contributed by atoms with Crippen LogP contribution in [0.2, 0.25) is 0 Å². The van der Waals surface area contributed by atoms with Crippen LogP contribution >= 0.6 is 0 Å². The van der Waals surface area contributed by atoms with E-state index in [9.17, 15) is 9.59 Å². The highest BCUT2D eigenvalue weighted by Crippen LogP contribution is 2.20. The van der Waals surface area contributed by atoms with Crippen molar-refractivity contribution in [2.75, 3.05) is 13.1 Å². The van der Waals surface area contributed by atoms with Crippen molar-refractivity contribution in [3.63, 3.8) is 0 Å². The number of hydrogen-bond donors (Lipinski definition) is 1. The summed E-state index contributed by atoms with van der Waals surface area (Å²) in [7, 11) is 0. The molecule has 1 aliphatic rings. The van der Waals surface area contributed by atoms with Crippen LogP contribution in [0.5, 0.6) is 0 Å². The van der Waals surface area contributed by atoms with E-state index in [0.717, 1.165) is 42.1 Å². The minimum atomic E-state index is -0.150. The molecule has 0 aliphatic carbocycles. The molecule has 0 bridgehead atoms. The molecule has 0 spiro atoms. The summed E-state index contributed by atoms with van der Waals surface area (Å²) in [5.74, 6) is 0.663. The van der Waals surface area contributed by atoms with Gasteiger partial charge in [0.05, 0.1) is 11.0 Å². The Morgan fingerprint density at radius 2 is 1.58 bits per heavy atom. The molecule has 1 aromatic heterocycles. The molecule has 2 aromatic carbocycles. The van der Waals surface area contributed by atoms with Crippen LogP contribution in [0.1, 0.15) is 37.8 Å². The second-order valence-corrected chi connectivity index (χ2v) is 8.61. The molecule has 0 radical (unpaired) electrons. The summed E-state index contributed by atoms with van der Waals surface area (Å²) in [4.78, 5) is 28.0. The average molecular weight is 421 g/mol. The number of para-hydroxylation sites is 2. The van der Waals surface area contributed by atoms with Crippen molar-refractivity contribution in [2.24, 2.45) is 5.92 Å². The first-order valence-corrected chi connectivity index (χ1v) is 11.3. The van der Waals surface area contributed by atoms with E-state index in [2.05, 4.69) is 35.3 Å². The van der Waals surface area contributed by atoms with Crippen molar-refractivity contribution < 1.29 is 4.79 Å². The number of carbonyl (C=O) groups is 1. The summed E-state index contributed by atoms with van der Waals surface area (Å²) in [5.41, 5.74) is 3.92. The van der Waals surface area contributed by atoms with Crippen LogP contribution in [0, 0.1) is 5.92 Å². The molecule has 0 saturated carbocycles. The third kappa shape index (κ3) is 4.74. The predicted molar refractivity (Wildman–Crippen MR) is 124 cm³/mol. The molecular formula is C25H32N4O2. The van der Waals surface area contributed by atoms with Gasteiger partial charge in [0.2, 0.25) is 5.91 Å². The maximum absolute atomic E-state index is 12.8. The minimum Gasteiger partial charge on any atom is -0.350 e. The number of aryl methyl sites for hydroxylation is 1. The number of carbonyl (C=O) groups excluding carboxylic acids is 1. The third-order valence-electron chi connectivity index (χ3n) is 6.41. The van der Waals surface area contributed by atoms with Gasteiger partial charge in [0.25, 0.3) is 0 Å².